The molecule has 49 heavy (non-hydrogen) atoms. The van der Waals surface area contributed by atoms with E-state index in [0.717, 1.165) is 13.1 Å². The van der Waals surface area contributed by atoms with E-state index in [9.17, 15) is 0 Å². The Kier molecular flexibility index (Phi) is 28.0. The summed E-state index contributed by atoms with van der Waals surface area (Å²) in [4.78, 5) is 0. The molecule has 0 aliphatic carbocycles. The maximum atomic E-state index is 2.43. The van der Waals surface area contributed by atoms with Gasteiger partial charge >= 0.3 is 0 Å². The van der Waals surface area contributed by atoms with Gasteiger partial charge in [-0.05, 0) is 77.0 Å². The lowest BCUT2D eigenvalue weighted by atomic mass is 10.0. The number of hydrogen-bond donors (Lipinski definition) is 0. The Morgan fingerprint density at radius 3 is 0.959 bits per heavy atom. The van der Waals surface area contributed by atoms with Gasteiger partial charge in [0.1, 0.15) is 13.1 Å². The van der Waals surface area contributed by atoms with Crippen LogP contribution in [0.25, 0.3) is 0 Å². The van der Waals surface area contributed by atoms with Crippen molar-refractivity contribution in [3.63, 3.8) is 0 Å². The molecule has 2 aromatic carbocycles. The van der Waals surface area contributed by atoms with E-state index in [1.54, 1.807) is 0 Å². The van der Waals surface area contributed by atoms with Gasteiger partial charge in [0, 0.05) is 11.1 Å². The summed E-state index contributed by atoms with van der Waals surface area (Å²) >= 11 is 0. The van der Waals surface area contributed by atoms with Gasteiger partial charge in [0.15, 0.2) is 0 Å². The number of hydrogen-bond acceptors (Lipinski definition) is 0. The van der Waals surface area contributed by atoms with E-state index < -0.39 is 0 Å². The third-order valence-electron chi connectivity index (χ3n) is 10.5. The quantitative estimate of drug-likeness (QED) is 0.0395. The maximum Gasteiger partial charge on any atom is 0.105 e. The minimum absolute atomic E-state index is 1.16. The SMILES string of the molecule is CCCCC/C=C/CCCCCCCCCC[N+](CCCCCCCCCC/C=C/CCCCC)(Cc1ccccc1)Cc1ccccc1. The molecule has 0 saturated carbocycles. The Morgan fingerprint density at radius 2 is 0.633 bits per heavy atom. The van der Waals surface area contributed by atoms with Crippen LogP contribution in [0, 0.1) is 0 Å². The third-order valence-corrected chi connectivity index (χ3v) is 10.5. The van der Waals surface area contributed by atoms with Gasteiger partial charge in [-0.1, -0.05) is 189 Å². The molecule has 0 bridgehead atoms. The largest absolute Gasteiger partial charge is 0.316 e. The van der Waals surface area contributed by atoms with Crippen LogP contribution < -0.4 is 0 Å². The van der Waals surface area contributed by atoms with Crippen molar-refractivity contribution in [1.82, 2.24) is 0 Å². The van der Waals surface area contributed by atoms with E-state index >= 15 is 0 Å². The van der Waals surface area contributed by atoms with Crippen molar-refractivity contribution in [3.8, 4) is 0 Å². The first-order chi connectivity index (χ1) is 24.3. The highest BCUT2D eigenvalue weighted by molar-refractivity contribution is 5.15. The topological polar surface area (TPSA) is 0 Å². The average molecular weight is 671 g/mol. The lowest BCUT2D eigenvalue weighted by molar-refractivity contribution is -0.954. The highest BCUT2D eigenvalue weighted by atomic mass is 15.3. The van der Waals surface area contributed by atoms with E-state index in [-0.39, 0.29) is 0 Å². The summed E-state index contributed by atoms with van der Waals surface area (Å²) in [6.45, 7) is 9.51. The highest BCUT2D eigenvalue weighted by Gasteiger charge is 2.27. The van der Waals surface area contributed by atoms with Crippen LogP contribution in [0.4, 0.5) is 0 Å². The molecule has 0 aromatic heterocycles. The van der Waals surface area contributed by atoms with Crippen LogP contribution in [0.2, 0.25) is 0 Å². The summed E-state index contributed by atoms with van der Waals surface area (Å²) in [5.74, 6) is 0. The Morgan fingerprint density at radius 1 is 0.347 bits per heavy atom. The molecule has 0 spiro atoms. The first kappa shape index (κ1) is 43.0. The summed E-state index contributed by atoms with van der Waals surface area (Å²) in [5, 5.41) is 0. The first-order valence-corrected chi connectivity index (χ1v) is 21.5. The number of nitrogens with zero attached hydrogens (tertiary/aromatic N) is 1. The molecule has 2 aromatic rings. The van der Waals surface area contributed by atoms with Crippen molar-refractivity contribution < 1.29 is 4.48 Å². The maximum absolute atomic E-state index is 2.43. The van der Waals surface area contributed by atoms with Crippen molar-refractivity contribution in [2.24, 2.45) is 0 Å². The summed E-state index contributed by atoms with van der Waals surface area (Å²) in [7, 11) is 0. The Hall–Kier alpha value is -2.12. The molecule has 1 heteroatoms. The van der Waals surface area contributed by atoms with Crippen LogP contribution in [-0.4, -0.2) is 17.6 Å². The predicted octanol–water partition coefficient (Wildman–Crippen LogP) is 15.5. The molecule has 0 unspecified atom stereocenters. The summed E-state index contributed by atoms with van der Waals surface area (Å²) in [6, 6.07) is 22.7. The van der Waals surface area contributed by atoms with Crippen molar-refractivity contribution in [2.75, 3.05) is 13.1 Å². The zero-order chi connectivity index (χ0) is 34.8. The number of unbranched alkanes of at least 4 members (excludes halogenated alkanes) is 22. The molecule has 0 saturated heterocycles. The molecule has 276 valence electrons. The van der Waals surface area contributed by atoms with Crippen molar-refractivity contribution >= 4 is 0 Å². The molecule has 0 aliphatic rings. The van der Waals surface area contributed by atoms with E-state index in [1.165, 1.54) is 196 Å². The Labute approximate surface area is 306 Å². The highest BCUT2D eigenvalue weighted by Crippen LogP contribution is 2.24. The summed E-state index contributed by atoms with van der Waals surface area (Å²) in [6.07, 6.45) is 45.4. The van der Waals surface area contributed by atoms with Gasteiger partial charge in [-0.15, -0.1) is 0 Å². The van der Waals surface area contributed by atoms with Crippen LogP contribution in [0.5, 0.6) is 0 Å². The van der Waals surface area contributed by atoms with Gasteiger partial charge in [0.05, 0.1) is 13.1 Å². The molecule has 0 radical (unpaired) electrons. The summed E-state index contributed by atoms with van der Waals surface area (Å²) < 4.78 is 1.21. The van der Waals surface area contributed by atoms with Gasteiger partial charge in [0.2, 0.25) is 0 Å². The van der Waals surface area contributed by atoms with E-state index in [4.69, 9.17) is 0 Å². The van der Waals surface area contributed by atoms with Gasteiger partial charge in [-0.3, -0.25) is 0 Å². The summed E-state index contributed by atoms with van der Waals surface area (Å²) in [5.41, 5.74) is 3.01. The Bertz CT molecular complexity index is 922. The third kappa shape index (κ3) is 24.6. The van der Waals surface area contributed by atoms with Gasteiger partial charge < -0.3 is 4.48 Å². The fourth-order valence-electron chi connectivity index (χ4n) is 7.46. The van der Waals surface area contributed by atoms with Crippen LogP contribution in [0.3, 0.4) is 0 Å². The second-order valence-electron chi connectivity index (χ2n) is 15.2. The fourth-order valence-corrected chi connectivity index (χ4v) is 7.46. The van der Waals surface area contributed by atoms with Crippen LogP contribution in [0.15, 0.2) is 85.0 Å². The Balaban J connectivity index is 1.73. The number of quaternary nitrogens is 1. The van der Waals surface area contributed by atoms with Gasteiger partial charge in [-0.25, -0.2) is 0 Å². The second kappa shape index (κ2) is 31.8. The molecule has 0 atom stereocenters. The molecular formula is C48H80N+. The molecule has 0 aliphatic heterocycles. The number of allylic oxidation sites excluding steroid dienone is 4. The van der Waals surface area contributed by atoms with Crippen LogP contribution in [-0.2, 0) is 13.1 Å². The zero-order valence-electron chi connectivity index (χ0n) is 32.7. The number of benzene rings is 2. The molecule has 0 heterocycles. The molecule has 2 rings (SSSR count). The molecule has 1 nitrogen and oxygen atoms in total. The monoisotopic (exact) mass is 671 g/mol. The molecular weight excluding hydrogens is 591 g/mol. The molecule has 0 N–H and O–H groups in total. The molecule has 0 amide bonds. The predicted molar refractivity (Wildman–Crippen MR) is 220 cm³/mol. The fraction of sp³-hybridized carbons (Fsp3) is 0.667. The molecule has 0 fully saturated rings. The lowest BCUT2D eigenvalue weighted by Crippen LogP contribution is -2.48. The van der Waals surface area contributed by atoms with Gasteiger partial charge in [-0.2, -0.15) is 0 Å². The van der Waals surface area contributed by atoms with Crippen molar-refractivity contribution in [1.29, 1.82) is 0 Å². The zero-order valence-corrected chi connectivity index (χ0v) is 32.7. The normalized spacial score (nSPS) is 12.1. The van der Waals surface area contributed by atoms with Crippen LogP contribution >= 0.6 is 0 Å². The first-order valence-electron chi connectivity index (χ1n) is 21.5. The second-order valence-corrected chi connectivity index (χ2v) is 15.2. The van der Waals surface area contributed by atoms with Gasteiger partial charge in [0.25, 0.3) is 0 Å². The smallest absolute Gasteiger partial charge is 0.105 e. The standard InChI is InChI=1S/C48H80N/c1-3-5-7-9-11-13-15-17-19-21-23-25-27-29-37-43-49(45-47-39-33-31-34-40-47,46-48-41-35-32-36-42-48)44-38-30-28-26-24-22-20-18-16-14-12-10-8-6-4-2/h11-14,31-36,39-42H,3-10,15-30,37-38,43-46H2,1-2H3/q+1/b13-11+,14-12+. The number of rotatable bonds is 34. The van der Waals surface area contributed by atoms with E-state index in [1.807, 2.05) is 0 Å². The lowest BCUT2D eigenvalue weighted by Gasteiger charge is -2.39. The van der Waals surface area contributed by atoms with Crippen molar-refractivity contribution in [2.45, 2.75) is 194 Å². The van der Waals surface area contributed by atoms with Crippen molar-refractivity contribution in [3.05, 3.63) is 96.1 Å². The average Bonchev–Trinajstić information content (AvgIpc) is 3.12. The minimum atomic E-state index is 1.16. The minimum Gasteiger partial charge on any atom is -0.316 e. The van der Waals surface area contributed by atoms with Crippen LogP contribution in [0.1, 0.15) is 192 Å². The van der Waals surface area contributed by atoms with E-state index in [0.29, 0.717) is 0 Å². The van der Waals surface area contributed by atoms with E-state index in [2.05, 4.69) is 98.8 Å².